The van der Waals surface area contributed by atoms with Crippen LogP contribution in [0.3, 0.4) is 0 Å². The van der Waals surface area contributed by atoms with Crippen LogP contribution in [-0.4, -0.2) is 60.0 Å². The van der Waals surface area contributed by atoms with E-state index in [1.165, 1.54) is 18.2 Å². The normalized spacial score (nSPS) is 14.2. The first-order valence-electron chi connectivity index (χ1n) is 11.5. The number of hydrogen-bond acceptors (Lipinski definition) is 6. The van der Waals surface area contributed by atoms with Crippen LogP contribution in [0.25, 0.3) is 0 Å². The molecule has 1 aliphatic rings. The van der Waals surface area contributed by atoms with E-state index in [0.717, 1.165) is 11.6 Å². The van der Waals surface area contributed by atoms with Gasteiger partial charge in [0, 0.05) is 37.8 Å². The number of anilines is 1. The third kappa shape index (κ3) is 7.43. The van der Waals surface area contributed by atoms with Crippen LogP contribution in [0, 0.1) is 0 Å². The van der Waals surface area contributed by atoms with Gasteiger partial charge in [0.05, 0.1) is 19.6 Å². The first kappa shape index (κ1) is 28.7. The Hall–Kier alpha value is -2.28. The zero-order valence-corrected chi connectivity index (χ0v) is 24.1. The molecule has 2 heterocycles. The van der Waals surface area contributed by atoms with Crippen LogP contribution in [0.15, 0.2) is 48.5 Å². The first-order valence-corrected chi connectivity index (χ1v) is 15.9. The predicted octanol–water partition coefficient (Wildman–Crippen LogP) is 6.52. The van der Waals surface area contributed by atoms with Crippen LogP contribution >= 0.6 is 40.1 Å². The molecule has 204 valence electrons. The molecule has 1 aromatic heterocycles. The minimum absolute atomic E-state index is 0.0607. The number of carbonyl (C=O) groups is 1. The number of hydrogen-bond donors (Lipinski definition) is 0. The number of halogens is 5. The summed E-state index contributed by atoms with van der Waals surface area (Å²) >= 11 is 8.20. The van der Waals surface area contributed by atoms with Gasteiger partial charge < -0.3 is 23.8 Å². The molecule has 8 nitrogen and oxygen atoms in total. The fraction of sp³-hybridized carbons (Fsp3) is 0.333. The Labute approximate surface area is 237 Å². The molecule has 38 heavy (non-hydrogen) atoms. The van der Waals surface area contributed by atoms with Gasteiger partial charge in [0.2, 0.25) is 0 Å². The van der Waals surface area contributed by atoms with Gasteiger partial charge in [0.15, 0.2) is 11.5 Å². The molecule has 1 unspecified atom stereocenters. The van der Waals surface area contributed by atoms with E-state index in [2.05, 4.69) is 31.8 Å². The topological polar surface area (TPSA) is 69.1 Å². The van der Waals surface area contributed by atoms with Gasteiger partial charge in [-0.25, -0.2) is 0 Å². The van der Waals surface area contributed by atoms with Crippen molar-refractivity contribution in [3.63, 3.8) is 0 Å². The van der Waals surface area contributed by atoms with Crippen LogP contribution in [0.1, 0.15) is 22.5 Å². The molecule has 0 radical (unpaired) electrons. The Morgan fingerprint density at radius 1 is 1.13 bits per heavy atom. The largest absolute Gasteiger partial charge is 0.573 e. The number of imidazole rings is 1. The number of amides is 1. The van der Waals surface area contributed by atoms with Crippen LogP contribution < -0.4 is 14.4 Å². The van der Waals surface area contributed by atoms with Crippen LogP contribution in [-0.2, 0) is 11.1 Å². The first-order chi connectivity index (χ1) is 18.1. The number of alkyl halides is 3. The van der Waals surface area contributed by atoms with Crippen LogP contribution in [0.5, 0.6) is 17.5 Å². The number of likely N-dealkylation sites (N-methyl/N-ethyl adjacent to an activating group) is 1. The summed E-state index contributed by atoms with van der Waals surface area (Å²) in [7, 11) is 1.83. The number of carbonyl (C=O) groups excluding carboxylic acids is 1. The summed E-state index contributed by atoms with van der Waals surface area (Å²) in [6.07, 6.45) is -4.16. The molecule has 0 saturated carbocycles. The summed E-state index contributed by atoms with van der Waals surface area (Å²) in [5, 5.41) is 0.562. The van der Waals surface area contributed by atoms with Crippen molar-refractivity contribution in [1.29, 1.82) is 0 Å². The van der Waals surface area contributed by atoms with Crippen LogP contribution in [0.4, 0.5) is 19.0 Å². The third-order valence-electron chi connectivity index (χ3n) is 5.70. The Bertz CT molecular complexity index is 1260. The van der Waals surface area contributed by atoms with Gasteiger partial charge in [-0.15, -0.1) is 13.2 Å². The van der Waals surface area contributed by atoms with Gasteiger partial charge in [-0.1, -0.05) is 29.8 Å². The number of benzene rings is 2. The molecule has 1 amide bonds. The molecular formula is C24H24ClF3IN4O4P. The molecular weight excluding hydrogens is 659 g/mol. The monoisotopic (exact) mass is 682 g/mol. The second-order valence-electron chi connectivity index (χ2n) is 8.40. The fourth-order valence-corrected chi connectivity index (χ4v) is 4.95. The van der Waals surface area contributed by atoms with Gasteiger partial charge in [-0.3, -0.25) is 9.36 Å². The van der Waals surface area contributed by atoms with E-state index in [9.17, 15) is 18.0 Å². The SMILES string of the molecule is CN1CCN(CCCOPI)C(=O)c2c1nc(Oc1cccc(OC(F)(F)F)c1)n2Cc1ccc(Cl)cc1. The van der Waals surface area contributed by atoms with Gasteiger partial charge in [0.25, 0.3) is 5.91 Å². The smallest absolute Gasteiger partial charge is 0.425 e. The molecule has 1 aliphatic heterocycles. The highest BCUT2D eigenvalue weighted by atomic mass is 127. The van der Waals surface area contributed by atoms with Crippen molar-refractivity contribution >= 4 is 51.8 Å². The summed E-state index contributed by atoms with van der Waals surface area (Å²) in [4.78, 5) is 22.0. The Morgan fingerprint density at radius 2 is 1.87 bits per heavy atom. The number of ether oxygens (including phenoxy) is 2. The van der Waals surface area contributed by atoms with Gasteiger partial charge in [0.1, 0.15) is 11.5 Å². The summed E-state index contributed by atoms with van der Waals surface area (Å²) in [6, 6.07) is 12.3. The van der Waals surface area contributed by atoms with Crippen molar-refractivity contribution in [3.05, 3.63) is 64.8 Å². The Balaban J connectivity index is 1.71. The van der Waals surface area contributed by atoms with Gasteiger partial charge in [-0.05, 0) is 58.3 Å². The number of rotatable bonds is 10. The highest BCUT2D eigenvalue weighted by Gasteiger charge is 2.33. The number of nitrogens with zero attached hydrogens (tertiary/aromatic N) is 4. The number of fused-ring (bicyclic) bond motifs is 1. The lowest BCUT2D eigenvalue weighted by Crippen LogP contribution is -2.36. The molecule has 0 fully saturated rings. The quantitative estimate of drug-likeness (QED) is 0.138. The predicted molar refractivity (Wildman–Crippen MR) is 148 cm³/mol. The average Bonchev–Trinajstić information content (AvgIpc) is 3.15. The summed E-state index contributed by atoms with van der Waals surface area (Å²) in [6.45, 7) is 2.67. The Kier molecular flexibility index (Phi) is 9.61. The lowest BCUT2D eigenvalue weighted by Gasteiger charge is -2.22. The zero-order valence-electron chi connectivity index (χ0n) is 20.2. The van der Waals surface area contributed by atoms with Crippen molar-refractivity contribution in [2.24, 2.45) is 0 Å². The highest BCUT2D eigenvalue weighted by molar-refractivity contribution is 14.2. The molecule has 0 bridgehead atoms. The minimum atomic E-state index is -4.84. The van der Waals surface area contributed by atoms with Crippen molar-refractivity contribution in [2.45, 2.75) is 19.3 Å². The highest BCUT2D eigenvalue weighted by Crippen LogP contribution is 2.34. The summed E-state index contributed by atoms with van der Waals surface area (Å²) < 4.78 is 55.3. The lowest BCUT2D eigenvalue weighted by molar-refractivity contribution is -0.274. The molecule has 0 aliphatic carbocycles. The van der Waals surface area contributed by atoms with E-state index in [1.54, 1.807) is 21.6 Å². The van der Waals surface area contributed by atoms with E-state index < -0.39 is 12.1 Å². The van der Waals surface area contributed by atoms with E-state index >= 15 is 0 Å². The minimum Gasteiger partial charge on any atom is -0.425 e. The maximum absolute atomic E-state index is 13.8. The summed E-state index contributed by atoms with van der Waals surface area (Å²) in [5.74, 6) is -0.144. The fourth-order valence-electron chi connectivity index (χ4n) is 3.94. The van der Waals surface area contributed by atoms with Crippen molar-refractivity contribution in [1.82, 2.24) is 14.5 Å². The molecule has 0 saturated heterocycles. The van der Waals surface area contributed by atoms with Crippen molar-refractivity contribution in [3.8, 4) is 17.5 Å². The molecule has 0 N–H and O–H groups in total. The van der Waals surface area contributed by atoms with Crippen molar-refractivity contribution in [2.75, 3.05) is 38.2 Å². The Morgan fingerprint density at radius 3 is 2.58 bits per heavy atom. The van der Waals surface area contributed by atoms with Crippen molar-refractivity contribution < 1.29 is 32.0 Å². The zero-order chi connectivity index (χ0) is 27.3. The van der Waals surface area contributed by atoms with E-state index in [1.807, 2.05) is 24.1 Å². The van der Waals surface area contributed by atoms with E-state index in [4.69, 9.17) is 20.9 Å². The maximum atomic E-state index is 13.8. The third-order valence-corrected chi connectivity index (χ3v) is 7.20. The molecule has 1 atom stereocenters. The average molecular weight is 683 g/mol. The molecule has 4 rings (SSSR count). The number of aromatic nitrogens is 2. The summed E-state index contributed by atoms with van der Waals surface area (Å²) in [5.41, 5.74) is 1.16. The van der Waals surface area contributed by atoms with Gasteiger partial charge in [-0.2, -0.15) is 4.98 Å². The lowest BCUT2D eigenvalue weighted by atomic mass is 10.2. The second-order valence-corrected chi connectivity index (χ2v) is 10.6. The second kappa shape index (κ2) is 12.7. The molecule has 3 aromatic rings. The molecule has 2 aromatic carbocycles. The molecule has 0 spiro atoms. The van der Waals surface area contributed by atoms with E-state index in [0.29, 0.717) is 55.6 Å². The standard InChI is InChI=1S/C24H24ClF3IN4O4P/c1-31-11-12-32(10-3-13-35-38-29)22(34)20-21(31)30-23(33(20)15-16-6-8-17(25)9-7-16)36-18-4-2-5-19(14-18)37-24(26,27)28/h2,4-9,14,38H,3,10-13,15H2,1H3. The maximum Gasteiger partial charge on any atom is 0.573 e. The molecule has 14 heteroatoms. The van der Waals surface area contributed by atoms with Crippen LogP contribution in [0.2, 0.25) is 5.02 Å². The van der Waals surface area contributed by atoms with Gasteiger partial charge >= 0.3 is 12.4 Å². The van der Waals surface area contributed by atoms with E-state index in [-0.39, 0.29) is 24.2 Å².